The molecule has 0 unspecified atom stereocenters. The predicted octanol–water partition coefficient (Wildman–Crippen LogP) is 4.91. The van der Waals surface area contributed by atoms with E-state index in [2.05, 4.69) is 5.32 Å². The van der Waals surface area contributed by atoms with Crippen molar-refractivity contribution in [1.82, 2.24) is 5.32 Å². The van der Waals surface area contributed by atoms with E-state index < -0.39 is 11.9 Å². The van der Waals surface area contributed by atoms with Crippen LogP contribution in [0.2, 0.25) is 0 Å². The molecule has 0 aliphatic rings. The highest BCUT2D eigenvalue weighted by Gasteiger charge is 2.25. The summed E-state index contributed by atoms with van der Waals surface area (Å²) in [6.07, 6.45) is 0.496. The molecule has 0 spiro atoms. The van der Waals surface area contributed by atoms with Crippen molar-refractivity contribution in [2.45, 2.75) is 18.9 Å². The fourth-order valence-corrected chi connectivity index (χ4v) is 3.88. The SMILES string of the molecule is CN(C(=O)[C@H](Cc1ccccc1)NC(=O)Cc1ccc2ccccc2c1)c1cccc(F)c1. The summed E-state index contributed by atoms with van der Waals surface area (Å²) in [6.45, 7) is 0. The zero-order valence-electron chi connectivity index (χ0n) is 18.4. The third-order valence-electron chi connectivity index (χ3n) is 5.62. The first-order valence-electron chi connectivity index (χ1n) is 10.8. The van der Waals surface area contributed by atoms with Crippen molar-refractivity contribution in [3.63, 3.8) is 0 Å². The Balaban J connectivity index is 1.53. The molecule has 0 fully saturated rings. The Morgan fingerprint density at radius 3 is 2.30 bits per heavy atom. The van der Waals surface area contributed by atoms with E-state index in [-0.39, 0.29) is 18.2 Å². The molecule has 5 heteroatoms. The van der Waals surface area contributed by atoms with Crippen LogP contribution in [0.15, 0.2) is 97.1 Å². The van der Waals surface area contributed by atoms with Crippen LogP contribution in [0, 0.1) is 5.82 Å². The van der Waals surface area contributed by atoms with Gasteiger partial charge in [0.25, 0.3) is 0 Å². The molecule has 0 saturated carbocycles. The number of likely N-dealkylation sites (N-methyl/N-ethyl adjacent to an activating group) is 1. The second-order valence-electron chi connectivity index (χ2n) is 8.05. The maximum absolute atomic E-state index is 13.7. The van der Waals surface area contributed by atoms with Crippen LogP contribution in [0.3, 0.4) is 0 Å². The quantitative estimate of drug-likeness (QED) is 0.444. The van der Waals surface area contributed by atoms with Crippen LogP contribution < -0.4 is 10.2 Å². The van der Waals surface area contributed by atoms with E-state index >= 15 is 0 Å². The van der Waals surface area contributed by atoms with Crippen LogP contribution in [0.25, 0.3) is 10.8 Å². The number of fused-ring (bicyclic) bond motifs is 1. The number of hydrogen-bond donors (Lipinski definition) is 1. The van der Waals surface area contributed by atoms with Gasteiger partial charge in [-0.05, 0) is 40.1 Å². The van der Waals surface area contributed by atoms with Gasteiger partial charge in [-0.2, -0.15) is 0 Å². The van der Waals surface area contributed by atoms with Crippen LogP contribution in [-0.4, -0.2) is 24.9 Å². The summed E-state index contributed by atoms with van der Waals surface area (Å²) >= 11 is 0. The van der Waals surface area contributed by atoms with Gasteiger partial charge >= 0.3 is 0 Å². The Labute approximate surface area is 192 Å². The van der Waals surface area contributed by atoms with Crippen molar-refractivity contribution in [3.8, 4) is 0 Å². The average Bonchev–Trinajstić information content (AvgIpc) is 2.83. The maximum atomic E-state index is 13.7. The molecule has 4 aromatic carbocycles. The largest absolute Gasteiger partial charge is 0.344 e. The number of amides is 2. The highest BCUT2D eigenvalue weighted by atomic mass is 19.1. The molecule has 1 N–H and O–H groups in total. The summed E-state index contributed by atoms with van der Waals surface area (Å²) in [4.78, 5) is 27.6. The van der Waals surface area contributed by atoms with E-state index in [9.17, 15) is 14.0 Å². The third kappa shape index (κ3) is 5.63. The molecule has 0 aliphatic heterocycles. The molecular weight excluding hydrogens is 415 g/mol. The van der Waals surface area contributed by atoms with Crippen molar-refractivity contribution in [3.05, 3.63) is 114 Å². The van der Waals surface area contributed by atoms with E-state index in [0.717, 1.165) is 21.9 Å². The van der Waals surface area contributed by atoms with Gasteiger partial charge in [-0.1, -0.05) is 78.9 Å². The van der Waals surface area contributed by atoms with Gasteiger partial charge in [0.1, 0.15) is 11.9 Å². The third-order valence-corrected chi connectivity index (χ3v) is 5.62. The summed E-state index contributed by atoms with van der Waals surface area (Å²) in [6, 6.07) is 28.4. The fraction of sp³-hybridized carbons (Fsp3) is 0.143. The zero-order chi connectivity index (χ0) is 23.2. The smallest absolute Gasteiger partial charge is 0.249 e. The van der Waals surface area contributed by atoms with E-state index in [0.29, 0.717) is 12.1 Å². The van der Waals surface area contributed by atoms with Gasteiger partial charge in [0.15, 0.2) is 0 Å². The highest BCUT2D eigenvalue weighted by Crippen LogP contribution is 2.18. The molecule has 0 aliphatic carbocycles. The first kappa shape index (κ1) is 22.2. The Hall–Kier alpha value is -3.99. The number of carbonyl (C=O) groups is 2. The van der Waals surface area contributed by atoms with Crippen molar-refractivity contribution in [2.75, 3.05) is 11.9 Å². The first-order chi connectivity index (χ1) is 16.0. The Bertz CT molecular complexity index is 1270. The molecule has 0 bridgehead atoms. The standard InChI is InChI=1S/C28H25FN2O2/c1-31(25-13-7-12-24(29)19-25)28(33)26(17-20-8-3-2-4-9-20)30-27(32)18-21-14-15-22-10-5-6-11-23(22)16-21/h2-16,19,26H,17-18H2,1H3,(H,30,32)/t26-/m0/s1. The van der Waals surface area contributed by atoms with Gasteiger partial charge in [-0.25, -0.2) is 4.39 Å². The van der Waals surface area contributed by atoms with Gasteiger partial charge in [-0.15, -0.1) is 0 Å². The Kier molecular flexibility index (Phi) is 6.79. The lowest BCUT2D eigenvalue weighted by molar-refractivity contribution is -0.127. The lowest BCUT2D eigenvalue weighted by Gasteiger charge is -2.25. The van der Waals surface area contributed by atoms with Gasteiger partial charge in [-0.3, -0.25) is 9.59 Å². The Morgan fingerprint density at radius 2 is 1.55 bits per heavy atom. The molecule has 0 aromatic heterocycles. The van der Waals surface area contributed by atoms with Crippen LogP contribution in [-0.2, 0) is 22.4 Å². The van der Waals surface area contributed by atoms with E-state index in [1.807, 2.05) is 72.8 Å². The van der Waals surface area contributed by atoms with E-state index in [1.165, 1.54) is 17.0 Å². The number of carbonyl (C=O) groups excluding carboxylic acids is 2. The topological polar surface area (TPSA) is 49.4 Å². The molecular formula is C28H25FN2O2. The van der Waals surface area contributed by atoms with Crippen molar-refractivity contribution >= 4 is 28.3 Å². The number of nitrogens with one attached hydrogen (secondary N) is 1. The molecule has 4 nitrogen and oxygen atoms in total. The number of benzene rings is 4. The van der Waals surface area contributed by atoms with Crippen LogP contribution >= 0.6 is 0 Å². The average molecular weight is 441 g/mol. The number of hydrogen-bond acceptors (Lipinski definition) is 2. The van der Waals surface area contributed by atoms with Gasteiger partial charge in [0, 0.05) is 19.2 Å². The number of nitrogens with zero attached hydrogens (tertiary/aromatic N) is 1. The minimum absolute atomic E-state index is 0.160. The number of rotatable bonds is 7. The molecule has 4 rings (SSSR count). The molecule has 166 valence electrons. The van der Waals surface area contributed by atoms with E-state index in [1.54, 1.807) is 19.2 Å². The summed E-state index contributed by atoms with van der Waals surface area (Å²) in [7, 11) is 1.59. The maximum Gasteiger partial charge on any atom is 0.249 e. The van der Waals surface area contributed by atoms with Crippen molar-refractivity contribution in [1.29, 1.82) is 0 Å². The second kappa shape index (κ2) is 10.1. The highest BCUT2D eigenvalue weighted by molar-refractivity contribution is 5.99. The molecule has 0 radical (unpaired) electrons. The van der Waals surface area contributed by atoms with Crippen LogP contribution in [0.4, 0.5) is 10.1 Å². The minimum atomic E-state index is -0.784. The van der Waals surface area contributed by atoms with Gasteiger partial charge in [0.05, 0.1) is 6.42 Å². The monoisotopic (exact) mass is 440 g/mol. The van der Waals surface area contributed by atoms with Gasteiger partial charge < -0.3 is 10.2 Å². The van der Waals surface area contributed by atoms with E-state index in [4.69, 9.17) is 0 Å². The minimum Gasteiger partial charge on any atom is -0.344 e. The van der Waals surface area contributed by atoms with Crippen molar-refractivity contribution in [2.24, 2.45) is 0 Å². The second-order valence-corrected chi connectivity index (χ2v) is 8.05. The molecule has 1 atom stereocenters. The number of halogens is 1. The van der Waals surface area contributed by atoms with Crippen LogP contribution in [0.5, 0.6) is 0 Å². The predicted molar refractivity (Wildman–Crippen MR) is 130 cm³/mol. The lowest BCUT2D eigenvalue weighted by Crippen LogP contribution is -2.49. The summed E-state index contributed by atoms with van der Waals surface area (Å²) in [5.74, 6) is -0.976. The summed E-state index contributed by atoms with van der Waals surface area (Å²) in [5.41, 5.74) is 2.23. The van der Waals surface area contributed by atoms with Crippen LogP contribution in [0.1, 0.15) is 11.1 Å². The van der Waals surface area contributed by atoms with Crippen molar-refractivity contribution < 1.29 is 14.0 Å². The molecule has 4 aromatic rings. The summed E-state index contributed by atoms with van der Waals surface area (Å²) in [5, 5.41) is 5.07. The molecule has 0 heterocycles. The normalized spacial score (nSPS) is 11.7. The Morgan fingerprint density at radius 1 is 0.818 bits per heavy atom. The fourth-order valence-electron chi connectivity index (χ4n) is 3.88. The lowest BCUT2D eigenvalue weighted by atomic mass is 10.0. The molecule has 2 amide bonds. The molecule has 0 saturated heterocycles. The zero-order valence-corrected chi connectivity index (χ0v) is 18.4. The molecule has 33 heavy (non-hydrogen) atoms. The number of anilines is 1. The first-order valence-corrected chi connectivity index (χ1v) is 10.8. The summed E-state index contributed by atoms with van der Waals surface area (Å²) < 4.78 is 13.7. The van der Waals surface area contributed by atoms with Gasteiger partial charge in [0.2, 0.25) is 11.8 Å².